The molecule has 0 amide bonds. The predicted molar refractivity (Wildman–Crippen MR) is 62.9 cm³/mol. The highest BCUT2D eigenvalue weighted by atomic mass is 35.5. The highest BCUT2D eigenvalue weighted by molar-refractivity contribution is 6.31. The second kappa shape index (κ2) is 3.36. The van der Waals surface area contributed by atoms with Gasteiger partial charge in [0.25, 0.3) is 0 Å². The van der Waals surface area contributed by atoms with Gasteiger partial charge >= 0.3 is 0 Å². The largest absolute Gasteiger partial charge is 0.327 e. The van der Waals surface area contributed by atoms with Gasteiger partial charge in [0.05, 0.1) is 0 Å². The Bertz CT molecular complexity index is 413. The Kier molecular flexibility index (Phi) is 2.11. The quantitative estimate of drug-likeness (QED) is 0.723. The van der Waals surface area contributed by atoms with Crippen LogP contribution in [0.25, 0.3) is 0 Å². The van der Waals surface area contributed by atoms with Gasteiger partial charge in [-0.25, -0.2) is 0 Å². The average molecular weight is 220 g/mol. The predicted octanol–water partition coefficient (Wildman–Crippen LogP) is 2.96. The van der Waals surface area contributed by atoms with E-state index in [1.807, 2.05) is 18.2 Å². The first kappa shape index (κ1) is 9.44. The van der Waals surface area contributed by atoms with E-state index in [0.717, 1.165) is 5.02 Å². The number of allylic oxidation sites excluding steroid dienone is 1. The smallest absolute Gasteiger partial charge is 0.0441 e. The molecule has 4 atom stereocenters. The zero-order valence-electron chi connectivity index (χ0n) is 8.44. The Morgan fingerprint density at radius 1 is 1.13 bits per heavy atom. The summed E-state index contributed by atoms with van der Waals surface area (Å²) in [7, 11) is 0. The summed E-state index contributed by atoms with van der Waals surface area (Å²) in [5.74, 6) is 1.59. The summed E-state index contributed by atoms with van der Waals surface area (Å²) in [6.07, 6.45) is 5.78. The first-order valence-corrected chi connectivity index (χ1v) is 5.83. The SMILES string of the molecule is NC1[C@@H]2C=C[C@@H](C2)[C@H]1c1ccccc1Cl. The van der Waals surface area contributed by atoms with E-state index in [0.29, 0.717) is 17.8 Å². The van der Waals surface area contributed by atoms with E-state index >= 15 is 0 Å². The molecule has 0 heterocycles. The topological polar surface area (TPSA) is 26.0 Å². The molecule has 3 rings (SSSR count). The molecule has 2 N–H and O–H groups in total. The summed E-state index contributed by atoms with van der Waals surface area (Å²) in [5, 5.41) is 0.860. The summed E-state index contributed by atoms with van der Waals surface area (Å²) >= 11 is 6.23. The molecule has 1 aromatic carbocycles. The molecule has 2 aliphatic carbocycles. The van der Waals surface area contributed by atoms with Crippen molar-refractivity contribution in [1.29, 1.82) is 0 Å². The summed E-state index contributed by atoms with van der Waals surface area (Å²) in [6, 6.07) is 8.34. The van der Waals surface area contributed by atoms with Crippen molar-refractivity contribution in [3.63, 3.8) is 0 Å². The van der Waals surface area contributed by atoms with E-state index in [2.05, 4.69) is 18.2 Å². The lowest BCUT2D eigenvalue weighted by Gasteiger charge is -2.25. The Balaban J connectivity index is 2.02. The van der Waals surface area contributed by atoms with Crippen molar-refractivity contribution in [2.24, 2.45) is 17.6 Å². The van der Waals surface area contributed by atoms with Crippen LogP contribution in [0.3, 0.4) is 0 Å². The minimum absolute atomic E-state index is 0.250. The maximum Gasteiger partial charge on any atom is 0.0441 e. The maximum absolute atomic E-state index is 6.26. The zero-order valence-corrected chi connectivity index (χ0v) is 9.19. The Labute approximate surface area is 94.9 Å². The second-order valence-corrected chi connectivity index (χ2v) is 4.98. The number of hydrogen-bond acceptors (Lipinski definition) is 1. The van der Waals surface area contributed by atoms with Gasteiger partial charge in [0.1, 0.15) is 0 Å². The summed E-state index contributed by atoms with van der Waals surface area (Å²) < 4.78 is 0. The Morgan fingerprint density at radius 2 is 1.87 bits per heavy atom. The van der Waals surface area contributed by atoms with Gasteiger partial charge in [-0.15, -0.1) is 0 Å². The van der Waals surface area contributed by atoms with Crippen LogP contribution < -0.4 is 5.73 Å². The Morgan fingerprint density at radius 3 is 2.53 bits per heavy atom. The standard InChI is InChI=1S/C13H14ClN/c14-11-4-2-1-3-10(11)12-8-5-6-9(7-8)13(12)15/h1-6,8-9,12-13H,7,15H2/t8-,9+,12-,13?/m0/s1. The third-order valence-electron chi connectivity index (χ3n) is 3.78. The van der Waals surface area contributed by atoms with E-state index in [4.69, 9.17) is 17.3 Å². The summed E-state index contributed by atoms with van der Waals surface area (Å²) in [4.78, 5) is 0. The molecule has 0 aliphatic heterocycles. The lowest BCUT2D eigenvalue weighted by atomic mass is 9.83. The minimum atomic E-state index is 0.250. The number of benzene rings is 1. The fourth-order valence-electron chi connectivity index (χ4n) is 3.04. The third kappa shape index (κ3) is 1.34. The molecule has 0 spiro atoms. The van der Waals surface area contributed by atoms with Crippen molar-refractivity contribution >= 4 is 11.6 Å². The molecule has 1 aromatic rings. The Hall–Kier alpha value is -0.790. The average Bonchev–Trinajstić information content (AvgIpc) is 2.80. The first-order chi connectivity index (χ1) is 7.27. The molecule has 1 nitrogen and oxygen atoms in total. The van der Waals surface area contributed by atoms with Crippen LogP contribution in [-0.4, -0.2) is 6.04 Å². The van der Waals surface area contributed by atoms with Crippen molar-refractivity contribution in [2.45, 2.75) is 18.4 Å². The first-order valence-electron chi connectivity index (χ1n) is 5.45. The monoisotopic (exact) mass is 219 g/mol. The van der Waals surface area contributed by atoms with E-state index in [9.17, 15) is 0 Å². The number of fused-ring (bicyclic) bond motifs is 2. The highest BCUT2D eigenvalue weighted by Gasteiger charge is 2.43. The molecule has 1 fully saturated rings. The van der Waals surface area contributed by atoms with Crippen LogP contribution >= 0.6 is 11.6 Å². The molecule has 0 aromatic heterocycles. The highest BCUT2D eigenvalue weighted by Crippen LogP contribution is 2.49. The summed E-state index contributed by atoms with van der Waals surface area (Å²) in [6.45, 7) is 0. The fraction of sp³-hybridized carbons (Fsp3) is 0.385. The van der Waals surface area contributed by atoms with Gasteiger partial charge in [-0.1, -0.05) is 42.0 Å². The molecule has 1 saturated carbocycles. The minimum Gasteiger partial charge on any atom is -0.327 e. The zero-order chi connectivity index (χ0) is 10.4. The molecular formula is C13H14ClN. The molecule has 2 bridgehead atoms. The number of halogens is 1. The van der Waals surface area contributed by atoms with Crippen LogP contribution in [0.2, 0.25) is 5.02 Å². The van der Waals surface area contributed by atoms with Gasteiger partial charge in [-0.2, -0.15) is 0 Å². The van der Waals surface area contributed by atoms with Crippen LogP contribution in [0.1, 0.15) is 17.9 Å². The van der Waals surface area contributed by atoms with Gasteiger partial charge in [0, 0.05) is 17.0 Å². The number of rotatable bonds is 1. The van der Waals surface area contributed by atoms with Crippen molar-refractivity contribution in [1.82, 2.24) is 0 Å². The van der Waals surface area contributed by atoms with E-state index in [1.54, 1.807) is 0 Å². The van der Waals surface area contributed by atoms with Crippen LogP contribution in [-0.2, 0) is 0 Å². The molecule has 2 heteroatoms. The normalized spacial score (nSPS) is 37.5. The molecule has 0 saturated heterocycles. The van der Waals surface area contributed by atoms with Crippen molar-refractivity contribution < 1.29 is 0 Å². The summed E-state index contributed by atoms with van der Waals surface area (Å²) in [5.41, 5.74) is 7.48. The molecular weight excluding hydrogens is 206 g/mol. The fourth-order valence-corrected chi connectivity index (χ4v) is 3.31. The molecule has 15 heavy (non-hydrogen) atoms. The van der Waals surface area contributed by atoms with E-state index in [1.165, 1.54) is 12.0 Å². The van der Waals surface area contributed by atoms with Gasteiger partial charge in [0.15, 0.2) is 0 Å². The van der Waals surface area contributed by atoms with Gasteiger partial charge < -0.3 is 5.73 Å². The van der Waals surface area contributed by atoms with Crippen molar-refractivity contribution in [3.8, 4) is 0 Å². The van der Waals surface area contributed by atoms with Crippen molar-refractivity contribution in [3.05, 3.63) is 47.0 Å². The van der Waals surface area contributed by atoms with Crippen LogP contribution in [0, 0.1) is 11.8 Å². The van der Waals surface area contributed by atoms with E-state index in [-0.39, 0.29) is 6.04 Å². The van der Waals surface area contributed by atoms with Gasteiger partial charge in [-0.05, 0) is 29.9 Å². The van der Waals surface area contributed by atoms with Gasteiger partial charge in [-0.3, -0.25) is 0 Å². The van der Waals surface area contributed by atoms with Crippen LogP contribution in [0.5, 0.6) is 0 Å². The van der Waals surface area contributed by atoms with Crippen LogP contribution in [0.15, 0.2) is 36.4 Å². The third-order valence-corrected chi connectivity index (χ3v) is 4.13. The number of hydrogen-bond donors (Lipinski definition) is 1. The second-order valence-electron chi connectivity index (χ2n) is 4.57. The van der Waals surface area contributed by atoms with Crippen LogP contribution in [0.4, 0.5) is 0 Å². The number of nitrogens with two attached hydrogens (primary N) is 1. The lowest BCUT2D eigenvalue weighted by Crippen LogP contribution is -2.32. The molecule has 1 unspecified atom stereocenters. The maximum atomic E-state index is 6.26. The van der Waals surface area contributed by atoms with E-state index < -0.39 is 0 Å². The molecule has 78 valence electrons. The molecule has 2 aliphatic rings. The van der Waals surface area contributed by atoms with Crippen molar-refractivity contribution in [2.75, 3.05) is 0 Å². The van der Waals surface area contributed by atoms with Gasteiger partial charge in [0.2, 0.25) is 0 Å². The molecule has 0 radical (unpaired) electrons. The lowest BCUT2D eigenvalue weighted by molar-refractivity contribution is 0.504.